The van der Waals surface area contributed by atoms with E-state index in [4.69, 9.17) is 4.74 Å². The number of pyridine rings is 1. The third kappa shape index (κ3) is 5.46. The van der Waals surface area contributed by atoms with Crippen molar-refractivity contribution in [3.8, 4) is 11.6 Å². The smallest absolute Gasteiger partial charge is 0.252 e. The van der Waals surface area contributed by atoms with Gasteiger partial charge in [-0.25, -0.2) is 9.97 Å². The van der Waals surface area contributed by atoms with Crippen LogP contribution in [0.3, 0.4) is 0 Å². The molecular formula is C24H20N4O2S. The summed E-state index contributed by atoms with van der Waals surface area (Å²) in [5, 5.41) is 3.50. The van der Waals surface area contributed by atoms with E-state index in [1.54, 1.807) is 24.7 Å². The Morgan fingerprint density at radius 2 is 1.68 bits per heavy atom. The van der Waals surface area contributed by atoms with Gasteiger partial charge in [0.05, 0.1) is 17.8 Å². The van der Waals surface area contributed by atoms with Crippen LogP contribution < -0.4 is 10.1 Å². The molecule has 0 spiro atoms. The van der Waals surface area contributed by atoms with Gasteiger partial charge in [-0.2, -0.15) is 0 Å². The fourth-order valence-electron chi connectivity index (χ4n) is 2.79. The zero-order chi connectivity index (χ0) is 21.5. The Bertz CT molecular complexity index is 1170. The molecule has 0 saturated carbocycles. The number of hydrogen-bond donors (Lipinski definition) is 1. The fourth-order valence-corrected chi connectivity index (χ4v) is 3.71. The van der Waals surface area contributed by atoms with Crippen molar-refractivity contribution >= 4 is 17.7 Å². The van der Waals surface area contributed by atoms with E-state index in [9.17, 15) is 4.79 Å². The maximum absolute atomic E-state index is 12.8. The van der Waals surface area contributed by atoms with Gasteiger partial charge in [-0.3, -0.25) is 9.78 Å². The number of aryl methyl sites for hydroxylation is 1. The molecule has 4 aromatic rings. The molecule has 31 heavy (non-hydrogen) atoms. The topological polar surface area (TPSA) is 77.0 Å². The molecule has 0 saturated heterocycles. The molecule has 0 aliphatic rings. The summed E-state index contributed by atoms with van der Waals surface area (Å²) in [6.07, 6.45) is 4.89. The number of ether oxygens (including phenoxy) is 1. The van der Waals surface area contributed by atoms with Crippen molar-refractivity contribution in [2.45, 2.75) is 23.4 Å². The van der Waals surface area contributed by atoms with Crippen LogP contribution in [-0.4, -0.2) is 20.9 Å². The molecule has 7 heteroatoms. The molecule has 0 fully saturated rings. The quantitative estimate of drug-likeness (QED) is 0.444. The van der Waals surface area contributed by atoms with E-state index in [0.717, 1.165) is 16.2 Å². The second kappa shape index (κ2) is 9.86. The van der Waals surface area contributed by atoms with Crippen LogP contribution in [0.25, 0.3) is 0 Å². The fraction of sp³-hybridized carbons (Fsp3) is 0.0833. The molecule has 0 bridgehead atoms. The first kappa shape index (κ1) is 20.6. The van der Waals surface area contributed by atoms with Gasteiger partial charge >= 0.3 is 0 Å². The molecule has 0 unspecified atom stereocenters. The van der Waals surface area contributed by atoms with Crippen LogP contribution in [0.4, 0.5) is 0 Å². The van der Waals surface area contributed by atoms with Gasteiger partial charge in [0.2, 0.25) is 0 Å². The van der Waals surface area contributed by atoms with Crippen LogP contribution in [0.5, 0.6) is 11.6 Å². The molecule has 2 heterocycles. The van der Waals surface area contributed by atoms with E-state index >= 15 is 0 Å². The highest BCUT2D eigenvalue weighted by molar-refractivity contribution is 7.99. The number of hydrogen-bond acceptors (Lipinski definition) is 6. The van der Waals surface area contributed by atoms with Crippen molar-refractivity contribution in [3.05, 3.63) is 102 Å². The average Bonchev–Trinajstić information content (AvgIpc) is 2.81. The van der Waals surface area contributed by atoms with Crippen molar-refractivity contribution in [2.24, 2.45) is 0 Å². The highest BCUT2D eigenvalue weighted by Crippen LogP contribution is 2.35. The van der Waals surface area contributed by atoms with Crippen LogP contribution in [0.15, 0.2) is 95.2 Å². The van der Waals surface area contributed by atoms with Crippen molar-refractivity contribution in [1.82, 2.24) is 20.3 Å². The lowest BCUT2D eigenvalue weighted by atomic mass is 10.2. The van der Waals surface area contributed by atoms with Gasteiger partial charge in [0.15, 0.2) is 5.03 Å². The lowest BCUT2D eigenvalue weighted by molar-refractivity contribution is 0.0947. The van der Waals surface area contributed by atoms with Crippen LogP contribution in [0.2, 0.25) is 0 Å². The first-order chi connectivity index (χ1) is 15.2. The predicted octanol–water partition coefficient (Wildman–Crippen LogP) is 5.05. The summed E-state index contributed by atoms with van der Waals surface area (Å²) in [4.78, 5) is 26.6. The highest BCUT2D eigenvalue weighted by atomic mass is 32.2. The molecule has 2 aromatic carbocycles. The lowest BCUT2D eigenvalue weighted by Crippen LogP contribution is -2.23. The van der Waals surface area contributed by atoms with Crippen molar-refractivity contribution in [2.75, 3.05) is 0 Å². The van der Waals surface area contributed by atoms with E-state index < -0.39 is 0 Å². The Morgan fingerprint density at radius 1 is 0.903 bits per heavy atom. The maximum atomic E-state index is 12.8. The Hall–Kier alpha value is -3.71. The number of nitrogens with zero attached hydrogens (tertiary/aromatic N) is 3. The molecule has 4 rings (SSSR count). The third-order valence-electron chi connectivity index (χ3n) is 4.36. The minimum Gasteiger partial charge on any atom is -0.437 e. The Kier molecular flexibility index (Phi) is 6.54. The van der Waals surface area contributed by atoms with Gasteiger partial charge in [-0.05, 0) is 43.3 Å². The number of amides is 1. The molecule has 154 valence electrons. The number of rotatable bonds is 7. The van der Waals surface area contributed by atoms with Crippen molar-refractivity contribution < 1.29 is 9.53 Å². The number of benzene rings is 2. The normalized spacial score (nSPS) is 10.5. The summed E-state index contributed by atoms with van der Waals surface area (Å²) in [5.41, 5.74) is 2.49. The second-order valence-electron chi connectivity index (χ2n) is 6.68. The molecule has 1 amide bonds. The molecule has 0 atom stereocenters. The van der Waals surface area contributed by atoms with Crippen molar-refractivity contribution in [1.29, 1.82) is 0 Å². The van der Waals surface area contributed by atoms with Gasteiger partial charge in [0, 0.05) is 23.5 Å². The van der Waals surface area contributed by atoms with E-state index in [0.29, 0.717) is 28.8 Å². The molecule has 1 N–H and O–H groups in total. The minimum absolute atomic E-state index is 0.182. The predicted molar refractivity (Wildman–Crippen MR) is 119 cm³/mol. The van der Waals surface area contributed by atoms with Crippen LogP contribution >= 0.6 is 11.8 Å². The SMILES string of the molecule is Cc1ccc(Oc2nccnc2Sc2ccccc2C(=O)NCc2ccccn2)cc1. The minimum atomic E-state index is -0.182. The van der Waals surface area contributed by atoms with Gasteiger partial charge in [0.25, 0.3) is 11.8 Å². The summed E-state index contributed by atoms with van der Waals surface area (Å²) in [5.74, 6) is 0.882. The number of nitrogens with one attached hydrogen (secondary N) is 1. The first-order valence-electron chi connectivity index (χ1n) is 9.69. The van der Waals surface area contributed by atoms with E-state index in [2.05, 4.69) is 20.3 Å². The van der Waals surface area contributed by atoms with Crippen LogP contribution in [0, 0.1) is 6.92 Å². The summed E-state index contributed by atoms with van der Waals surface area (Å²) < 4.78 is 5.94. The second-order valence-corrected chi connectivity index (χ2v) is 7.71. The zero-order valence-electron chi connectivity index (χ0n) is 16.9. The highest BCUT2D eigenvalue weighted by Gasteiger charge is 2.16. The standard InChI is InChI=1S/C24H20N4O2S/c1-17-9-11-19(12-10-17)30-23-24(27-15-14-26-23)31-21-8-3-2-7-20(21)22(29)28-16-18-6-4-5-13-25-18/h2-15H,16H2,1H3,(H,28,29). The molecule has 0 aliphatic carbocycles. The monoisotopic (exact) mass is 428 g/mol. The van der Waals surface area contributed by atoms with Crippen molar-refractivity contribution in [3.63, 3.8) is 0 Å². The first-order valence-corrected chi connectivity index (χ1v) is 10.5. The lowest BCUT2D eigenvalue weighted by Gasteiger charge is -2.12. The molecular weight excluding hydrogens is 408 g/mol. The molecule has 0 radical (unpaired) electrons. The van der Waals surface area contributed by atoms with Crippen LogP contribution in [0.1, 0.15) is 21.6 Å². The van der Waals surface area contributed by atoms with Gasteiger partial charge < -0.3 is 10.1 Å². The summed E-state index contributed by atoms with van der Waals surface area (Å²) in [7, 11) is 0. The summed E-state index contributed by atoms with van der Waals surface area (Å²) in [6, 6.07) is 20.7. The summed E-state index contributed by atoms with van der Waals surface area (Å²) in [6.45, 7) is 2.37. The molecule has 2 aromatic heterocycles. The molecule has 0 aliphatic heterocycles. The van der Waals surface area contributed by atoms with E-state index in [1.165, 1.54) is 11.8 Å². The van der Waals surface area contributed by atoms with E-state index in [-0.39, 0.29) is 5.91 Å². The molecule has 6 nitrogen and oxygen atoms in total. The van der Waals surface area contributed by atoms with Crippen LogP contribution in [-0.2, 0) is 6.54 Å². The Morgan fingerprint density at radius 3 is 2.48 bits per heavy atom. The Labute approximate surface area is 184 Å². The number of carbonyl (C=O) groups excluding carboxylic acids is 1. The maximum Gasteiger partial charge on any atom is 0.252 e. The number of aromatic nitrogens is 3. The van der Waals surface area contributed by atoms with Gasteiger partial charge in [-0.1, -0.05) is 47.7 Å². The Balaban J connectivity index is 1.52. The third-order valence-corrected chi connectivity index (χ3v) is 5.41. The summed E-state index contributed by atoms with van der Waals surface area (Å²) >= 11 is 1.34. The largest absolute Gasteiger partial charge is 0.437 e. The van der Waals surface area contributed by atoms with E-state index in [1.807, 2.05) is 67.6 Å². The average molecular weight is 429 g/mol. The zero-order valence-corrected chi connectivity index (χ0v) is 17.7. The van der Waals surface area contributed by atoms with Gasteiger partial charge in [0.1, 0.15) is 5.75 Å². The van der Waals surface area contributed by atoms with Gasteiger partial charge in [-0.15, -0.1) is 0 Å². The number of carbonyl (C=O) groups is 1.